The molecule has 0 spiro atoms. The van der Waals surface area contributed by atoms with Gasteiger partial charge in [-0.05, 0) is 17.7 Å². The molecule has 106 valence electrons. The number of aryl methyl sites for hydroxylation is 1. The van der Waals surface area contributed by atoms with E-state index in [2.05, 4.69) is 9.72 Å². The van der Waals surface area contributed by atoms with E-state index in [9.17, 15) is 9.90 Å². The largest absolute Gasteiger partial charge is 0.469 e. The Labute approximate surface area is 121 Å². The molecule has 0 aliphatic rings. The summed E-state index contributed by atoms with van der Waals surface area (Å²) in [5.74, 6) is 0.165. The molecule has 0 bridgehead atoms. The van der Waals surface area contributed by atoms with Crippen LogP contribution in [0.5, 0.6) is 0 Å². The molecule has 0 saturated carbocycles. The average Bonchev–Trinajstić information content (AvgIpc) is 2.92. The second-order valence-corrected chi connectivity index (χ2v) is 4.70. The number of rotatable bonds is 5. The molecule has 5 nitrogen and oxygen atoms in total. The van der Waals surface area contributed by atoms with Crippen molar-refractivity contribution in [2.75, 3.05) is 7.11 Å². The van der Waals surface area contributed by atoms with E-state index in [1.807, 2.05) is 0 Å². The number of hydrogen-bond acceptors (Lipinski definition) is 4. The molecule has 0 radical (unpaired) electrons. The topological polar surface area (TPSA) is 64.4 Å². The smallest absolute Gasteiger partial charge is 0.307 e. The van der Waals surface area contributed by atoms with Crippen molar-refractivity contribution in [2.45, 2.75) is 19.1 Å². The third-order valence-electron chi connectivity index (χ3n) is 2.94. The highest BCUT2D eigenvalue weighted by Gasteiger charge is 2.17. The minimum atomic E-state index is -0.888. The Morgan fingerprint density at radius 2 is 2.35 bits per heavy atom. The van der Waals surface area contributed by atoms with Gasteiger partial charge >= 0.3 is 5.97 Å². The van der Waals surface area contributed by atoms with E-state index in [1.165, 1.54) is 7.11 Å². The predicted octanol–water partition coefficient (Wildman–Crippen LogP) is 2.18. The van der Waals surface area contributed by atoms with Gasteiger partial charge in [0.05, 0.1) is 13.5 Å². The van der Waals surface area contributed by atoms with Gasteiger partial charge in [0, 0.05) is 24.0 Å². The number of aliphatic hydroxyl groups is 1. The molecule has 1 aromatic heterocycles. The van der Waals surface area contributed by atoms with Gasteiger partial charge in [-0.3, -0.25) is 4.79 Å². The van der Waals surface area contributed by atoms with E-state index >= 15 is 0 Å². The number of aromatic nitrogens is 2. The predicted molar refractivity (Wildman–Crippen MR) is 74.4 cm³/mol. The van der Waals surface area contributed by atoms with Crippen molar-refractivity contribution in [3.63, 3.8) is 0 Å². The third-order valence-corrected chi connectivity index (χ3v) is 3.18. The van der Waals surface area contributed by atoms with Crippen LogP contribution in [0.1, 0.15) is 23.9 Å². The second-order valence-electron chi connectivity index (χ2n) is 4.26. The van der Waals surface area contributed by atoms with Crippen LogP contribution in [0, 0.1) is 0 Å². The summed E-state index contributed by atoms with van der Waals surface area (Å²) >= 11 is 5.91. The summed E-state index contributed by atoms with van der Waals surface area (Å²) in [7, 11) is 1.35. The van der Waals surface area contributed by atoms with Gasteiger partial charge in [-0.25, -0.2) is 4.98 Å². The zero-order chi connectivity index (χ0) is 14.5. The Morgan fingerprint density at radius 1 is 1.55 bits per heavy atom. The molecular weight excluding hydrogens is 280 g/mol. The standard InChI is InChI=1S/C14H15ClN2O3/c1-20-12(18)5-7-17-8-6-16-14(17)13(19)10-3-2-4-11(15)9-10/h2-4,6,8-9,13,19H,5,7H2,1H3. The Hall–Kier alpha value is -1.85. The molecular formula is C14H15ClN2O3. The highest BCUT2D eigenvalue weighted by atomic mass is 35.5. The van der Waals surface area contributed by atoms with E-state index in [-0.39, 0.29) is 12.4 Å². The normalized spacial score (nSPS) is 12.2. The van der Waals surface area contributed by atoms with Gasteiger partial charge in [0.15, 0.2) is 0 Å². The number of aliphatic hydroxyl groups excluding tert-OH is 1. The average molecular weight is 295 g/mol. The molecule has 0 aliphatic carbocycles. The lowest BCUT2D eigenvalue weighted by atomic mass is 10.1. The molecule has 20 heavy (non-hydrogen) atoms. The van der Waals surface area contributed by atoms with Crippen molar-refractivity contribution in [2.24, 2.45) is 0 Å². The minimum absolute atomic E-state index is 0.224. The summed E-state index contributed by atoms with van der Waals surface area (Å²) in [6.07, 6.45) is 2.63. The number of methoxy groups -OCH3 is 1. The SMILES string of the molecule is COC(=O)CCn1ccnc1C(O)c1cccc(Cl)c1. The number of halogens is 1. The van der Waals surface area contributed by atoms with E-state index in [4.69, 9.17) is 11.6 Å². The Bertz CT molecular complexity index is 598. The second kappa shape index (κ2) is 6.54. The number of hydrogen-bond donors (Lipinski definition) is 1. The highest BCUT2D eigenvalue weighted by molar-refractivity contribution is 6.30. The summed E-state index contributed by atoms with van der Waals surface area (Å²) in [6.45, 7) is 0.402. The Kier molecular flexibility index (Phi) is 4.76. The first-order valence-corrected chi connectivity index (χ1v) is 6.51. The van der Waals surface area contributed by atoms with Crippen LogP contribution in [0.3, 0.4) is 0 Å². The van der Waals surface area contributed by atoms with E-state index in [0.29, 0.717) is 23.0 Å². The van der Waals surface area contributed by atoms with Crippen LogP contribution in [0.2, 0.25) is 5.02 Å². The fourth-order valence-corrected chi connectivity index (χ4v) is 2.10. The summed E-state index contributed by atoms with van der Waals surface area (Å²) in [4.78, 5) is 15.3. The molecule has 1 aromatic carbocycles. The lowest BCUT2D eigenvalue weighted by molar-refractivity contribution is -0.140. The van der Waals surface area contributed by atoms with Crippen molar-refractivity contribution < 1.29 is 14.6 Å². The van der Waals surface area contributed by atoms with Crippen molar-refractivity contribution >= 4 is 17.6 Å². The summed E-state index contributed by atoms with van der Waals surface area (Å²) in [5.41, 5.74) is 0.656. The number of imidazole rings is 1. The van der Waals surface area contributed by atoms with Crippen LogP contribution in [-0.2, 0) is 16.1 Å². The van der Waals surface area contributed by atoms with Gasteiger partial charge in [-0.1, -0.05) is 23.7 Å². The molecule has 1 atom stereocenters. The maximum Gasteiger partial charge on any atom is 0.307 e. The summed E-state index contributed by atoms with van der Waals surface area (Å²) < 4.78 is 6.32. The molecule has 1 heterocycles. The first kappa shape index (κ1) is 14.6. The lowest BCUT2D eigenvalue weighted by Crippen LogP contribution is -2.12. The quantitative estimate of drug-likeness (QED) is 0.859. The number of esters is 1. The number of ether oxygens (including phenoxy) is 1. The molecule has 0 saturated heterocycles. The fraction of sp³-hybridized carbons (Fsp3) is 0.286. The molecule has 0 fully saturated rings. The Morgan fingerprint density at radius 3 is 3.05 bits per heavy atom. The van der Waals surface area contributed by atoms with Gasteiger partial charge in [-0.2, -0.15) is 0 Å². The maximum atomic E-state index is 11.2. The molecule has 6 heteroatoms. The van der Waals surface area contributed by atoms with Crippen molar-refractivity contribution in [1.82, 2.24) is 9.55 Å². The third kappa shape index (κ3) is 3.37. The highest BCUT2D eigenvalue weighted by Crippen LogP contribution is 2.23. The van der Waals surface area contributed by atoms with Crippen molar-refractivity contribution in [1.29, 1.82) is 0 Å². The van der Waals surface area contributed by atoms with Crippen LogP contribution in [0.25, 0.3) is 0 Å². The molecule has 0 aliphatic heterocycles. The number of nitrogens with zero attached hydrogens (tertiary/aromatic N) is 2. The zero-order valence-corrected chi connectivity index (χ0v) is 11.7. The van der Waals surface area contributed by atoms with Gasteiger partial charge in [-0.15, -0.1) is 0 Å². The monoisotopic (exact) mass is 294 g/mol. The molecule has 0 amide bonds. The summed E-state index contributed by atoms with van der Waals surface area (Å²) in [5, 5.41) is 10.9. The molecule has 2 aromatic rings. The van der Waals surface area contributed by atoms with Crippen LogP contribution in [0.15, 0.2) is 36.7 Å². The van der Waals surface area contributed by atoms with Crippen molar-refractivity contribution in [3.8, 4) is 0 Å². The number of benzene rings is 1. The van der Waals surface area contributed by atoms with E-state index in [1.54, 1.807) is 41.2 Å². The van der Waals surface area contributed by atoms with Crippen LogP contribution in [0.4, 0.5) is 0 Å². The zero-order valence-electron chi connectivity index (χ0n) is 11.0. The van der Waals surface area contributed by atoms with Gasteiger partial charge in [0.2, 0.25) is 0 Å². The Balaban J connectivity index is 2.16. The van der Waals surface area contributed by atoms with Crippen LogP contribution < -0.4 is 0 Å². The number of carbonyl (C=O) groups is 1. The molecule has 1 unspecified atom stereocenters. The maximum absolute atomic E-state index is 11.2. The fourth-order valence-electron chi connectivity index (χ4n) is 1.90. The minimum Gasteiger partial charge on any atom is -0.469 e. The van der Waals surface area contributed by atoms with Crippen molar-refractivity contribution in [3.05, 3.63) is 53.1 Å². The van der Waals surface area contributed by atoms with Gasteiger partial charge < -0.3 is 14.4 Å². The van der Waals surface area contributed by atoms with Crippen LogP contribution >= 0.6 is 11.6 Å². The van der Waals surface area contributed by atoms with Gasteiger partial charge in [0.1, 0.15) is 11.9 Å². The first-order chi connectivity index (χ1) is 9.61. The molecule has 1 N–H and O–H groups in total. The summed E-state index contributed by atoms with van der Waals surface area (Å²) in [6, 6.07) is 6.96. The van der Waals surface area contributed by atoms with E-state index < -0.39 is 6.10 Å². The number of carbonyl (C=O) groups excluding carboxylic acids is 1. The molecule has 2 rings (SSSR count). The first-order valence-electron chi connectivity index (χ1n) is 6.13. The van der Waals surface area contributed by atoms with Gasteiger partial charge in [0.25, 0.3) is 0 Å². The van der Waals surface area contributed by atoms with E-state index in [0.717, 1.165) is 0 Å². The van der Waals surface area contributed by atoms with Crippen LogP contribution in [-0.4, -0.2) is 27.7 Å². The lowest BCUT2D eigenvalue weighted by Gasteiger charge is -2.13.